The predicted molar refractivity (Wildman–Crippen MR) is 91.9 cm³/mol. The van der Waals surface area contributed by atoms with E-state index in [1.54, 1.807) is 0 Å². The molecule has 0 aromatic heterocycles. The smallest absolute Gasteiger partial charge is 0.220 e. The zero-order valence-electron chi connectivity index (χ0n) is 14.2. The number of carbonyl (C=O) groups is 1. The number of nitrogens with one attached hydrogen (secondary N) is 1. The Kier molecular flexibility index (Phi) is 6.44. The Labute approximate surface area is 135 Å². The molecule has 1 heterocycles. The molecule has 1 aromatic carbocycles. The molecule has 0 radical (unpaired) electrons. The maximum Gasteiger partial charge on any atom is 0.220 e. The molecular formula is C19H30N2O. The van der Waals surface area contributed by atoms with Crippen LogP contribution in [0.15, 0.2) is 30.3 Å². The summed E-state index contributed by atoms with van der Waals surface area (Å²) >= 11 is 0. The summed E-state index contributed by atoms with van der Waals surface area (Å²) in [4.78, 5) is 14.6. The van der Waals surface area contributed by atoms with Gasteiger partial charge in [0.05, 0.1) is 0 Å². The zero-order valence-corrected chi connectivity index (χ0v) is 14.2. The highest BCUT2D eigenvalue weighted by Gasteiger charge is 2.20. The van der Waals surface area contributed by atoms with E-state index in [9.17, 15) is 4.79 Å². The van der Waals surface area contributed by atoms with Gasteiger partial charge in [-0.3, -0.25) is 9.69 Å². The largest absolute Gasteiger partial charge is 0.355 e. The number of carbonyl (C=O) groups excluding carboxylic acids is 1. The van der Waals surface area contributed by atoms with Gasteiger partial charge in [0.15, 0.2) is 0 Å². The van der Waals surface area contributed by atoms with Crippen molar-refractivity contribution in [3.8, 4) is 0 Å². The number of nitrogens with zero attached hydrogens (tertiary/aromatic N) is 1. The van der Waals surface area contributed by atoms with Crippen molar-refractivity contribution in [1.82, 2.24) is 10.2 Å². The lowest BCUT2D eigenvalue weighted by Crippen LogP contribution is -2.45. The highest BCUT2D eigenvalue weighted by Crippen LogP contribution is 2.19. The quantitative estimate of drug-likeness (QED) is 0.873. The molecule has 3 heteroatoms. The minimum Gasteiger partial charge on any atom is -0.355 e. The average Bonchev–Trinajstić information content (AvgIpc) is 2.54. The van der Waals surface area contributed by atoms with Crippen molar-refractivity contribution in [2.75, 3.05) is 19.6 Å². The number of benzene rings is 1. The van der Waals surface area contributed by atoms with Crippen LogP contribution < -0.4 is 5.32 Å². The molecule has 1 N–H and O–H groups in total. The van der Waals surface area contributed by atoms with Crippen LogP contribution in [-0.2, 0) is 4.79 Å². The molecule has 0 aliphatic carbocycles. The Morgan fingerprint density at radius 1 is 1.23 bits per heavy atom. The molecule has 1 aromatic rings. The molecule has 3 nitrogen and oxygen atoms in total. The highest BCUT2D eigenvalue weighted by atomic mass is 16.1. The van der Waals surface area contributed by atoms with E-state index in [0.717, 1.165) is 12.5 Å². The fourth-order valence-corrected chi connectivity index (χ4v) is 3.11. The molecule has 1 saturated heterocycles. The van der Waals surface area contributed by atoms with Crippen LogP contribution in [0.2, 0.25) is 0 Å². The minimum atomic E-state index is 0.161. The van der Waals surface area contributed by atoms with E-state index in [2.05, 4.69) is 43.1 Å². The molecule has 2 atom stereocenters. The third kappa shape index (κ3) is 5.13. The molecule has 2 rings (SSSR count). The van der Waals surface area contributed by atoms with E-state index in [1.807, 2.05) is 18.2 Å². The molecule has 22 heavy (non-hydrogen) atoms. The van der Waals surface area contributed by atoms with E-state index in [0.29, 0.717) is 12.5 Å². The molecular weight excluding hydrogens is 272 g/mol. The van der Waals surface area contributed by atoms with Gasteiger partial charge in [-0.15, -0.1) is 0 Å². The van der Waals surface area contributed by atoms with Crippen LogP contribution in [0, 0.1) is 5.92 Å². The Hall–Kier alpha value is -1.35. The molecule has 1 fully saturated rings. The number of hydrogen-bond acceptors (Lipinski definition) is 2. The van der Waals surface area contributed by atoms with E-state index in [-0.39, 0.29) is 11.8 Å². The first kappa shape index (κ1) is 17.0. The molecule has 1 aliphatic rings. The van der Waals surface area contributed by atoms with Crippen LogP contribution in [0.5, 0.6) is 0 Å². The van der Waals surface area contributed by atoms with Gasteiger partial charge in [0.1, 0.15) is 0 Å². The summed E-state index contributed by atoms with van der Waals surface area (Å²) in [6.45, 7) is 9.75. The second kappa shape index (κ2) is 8.33. The summed E-state index contributed by atoms with van der Waals surface area (Å²) < 4.78 is 0. The maximum atomic E-state index is 12.1. The second-order valence-electron chi connectivity index (χ2n) is 6.89. The summed E-state index contributed by atoms with van der Waals surface area (Å²) in [6, 6.07) is 10.7. The molecule has 122 valence electrons. The summed E-state index contributed by atoms with van der Waals surface area (Å²) in [7, 11) is 0. The van der Waals surface area contributed by atoms with E-state index in [4.69, 9.17) is 0 Å². The van der Waals surface area contributed by atoms with Gasteiger partial charge in [-0.25, -0.2) is 0 Å². The van der Waals surface area contributed by atoms with Crippen LogP contribution in [0.25, 0.3) is 0 Å². The van der Waals surface area contributed by atoms with Gasteiger partial charge in [-0.05, 0) is 50.3 Å². The zero-order chi connectivity index (χ0) is 15.9. The molecule has 1 amide bonds. The first-order valence-electron chi connectivity index (χ1n) is 8.62. The molecule has 1 aliphatic heterocycles. The molecule has 2 unspecified atom stereocenters. The first-order valence-corrected chi connectivity index (χ1v) is 8.62. The number of piperidine rings is 1. The summed E-state index contributed by atoms with van der Waals surface area (Å²) in [5.74, 6) is 1.28. The van der Waals surface area contributed by atoms with E-state index in [1.165, 1.54) is 31.5 Å². The number of likely N-dealkylation sites (tertiary alicyclic amines) is 1. The van der Waals surface area contributed by atoms with Gasteiger partial charge in [-0.2, -0.15) is 0 Å². The summed E-state index contributed by atoms with van der Waals surface area (Å²) in [6.07, 6.45) is 3.13. The van der Waals surface area contributed by atoms with Crippen molar-refractivity contribution < 1.29 is 4.79 Å². The SMILES string of the molecule is CC1CCN(C(C)CNC(=O)CC(C)c2ccccc2)CC1. The summed E-state index contributed by atoms with van der Waals surface area (Å²) in [5, 5.41) is 3.11. The third-order valence-electron chi connectivity index (χ3n) is 4.90. The highest BCUT2D eigenvalue weighted by molar-refractivity contribution is 5.76. The Morgan fingerprint density at radius 3 is 2.50 bits per heavy atom. The molecule has 0 saturated carbocycles. The lowest BCUT2D eigenvalue weighted by Gasteiger charge is -2.35. The lowest BCUT2D eigenvalue weighted by molar-refractivity contribution is -0.121. The predicted octanol–water partition coefficient (Wildman–Crippen LogP) is 3.42. The van der Waals surface area contributed by atoms with Crippen molar-refractivity contribution in [3.63, 3.8) is 0 Å². The number of rotatable bonds is 6. The molecule has 0 bridgehead atoms. The fraction of sp³-hybridized carbons (Fsp3) is 0.632. The monoisotopic (exact) mass is 302 g/mol. The minimum absolute atomic E-state index is 0.161. The second-order valence-corrected chi connectivity index (χ2v) is 6.89. The van der Waals surface area contributed by atoms with Gasteiger partial charge >= 0.3 is 0 Å². The standard InChI is InChI=1S/C19H30N2O/c1-15-9-11-21(12-10-15)17(3)14-20-19(22)13-16(2)18-7-5-4-6-8-18/h4-8,15-17H,9-14H2,1-3H3,(H,20,22). The van der Waals surface area contributed by atoms with Gasteiger partial charge in [0.25, 0.3) is 0 Å². The number of amides is 1. The maximum absolute atomic E-state index is 12.1. The van der Waals surface area contributed by atoms with Gasteiger partial charge in [-0.1, -0.05) is 44.2 Å². The van der Waals surface area contributed by atoms with Gasteiger partial charge < -0.3 is 5.32 Å². The Balaban J connectivity index is 1.71. The van der Waals surface area contributed by atoms with Crippen LogP contribution in [0.1, 0.15) is 51.5 Å². The number of hydrogen-bond donors (Lipinski definition) is 1. The van der Waals surface area contributed by atoms with Crippen molar-refractivity contribution in [3.05, 3.63) is 35.9 Å². The van der Waals surface area contributed by atoms with E-state index < -0.39 is 0 Å². The van der Waals surface area contributed by atoms with Crippen LogP contribution in [-0.4, -0.2) is 36.5 Å². The van der Waals surface area contributed by atoms with Crippen molar-refractivity contribution >= 4 is 5.91 Å². The normalized spacial score (nSPS) is 19.6. The van der Waals surface area contributed by atoms with Gasteiger partial charge in [0, 0.05) is 19.0 Å². The molecule has 0 spiro atoms. The summed E-state index contributed by atoms with van der Waals surface area (Å²) in [5.41, 5.74) is 1.23. The van der Waals surface area contributed by atoms with E-state index >= 15 is 0 Å². The lowest BCUT2D eigenvalue weighted by atomic mass is 9.97. The van der Waals surface area contributed by atoms with Crippen LogP contribution in [0.4, 0.5) is 0 Å². The Bertz CT molecular complexity index is 452. The van der Waals surface area contributed by atoms with Gasteiger partial charge in [0.2, 0.25) is 5.91 Å². The first-order chi connectivity index (χ1) is 10.6. The Morgan fingerprint density at radius 2 is 1.86 bits per heavy atom. The van der Waals surface area contributed by atoms with Crippen molar-refractivity contribution in [1.29, 1.82) is 0 Å². The van der Waals surface area contributed by atoms with Crippen LogP contribution >= 0.6 is 0 Å². The third-order valence-corrected chi connectivity index (χ3v) is 4.90. The van der Waals surface area contributed by atoms with Crippen molar-refractivity contribution in [2.24, 2.45) is 5.92 Å². The van der Waals surface area contributed by atoms with Crippen LogP contribution in [0.3, 0.4) is 0 Å². The fourth-order valence-electron chi connectivity index (χ4n) is 3.11. The topological polar surface area (TPSA) is 32.3 Å². The van der Waals surface area contributed by atoms with Crippen molar-refractivity contribution in [2.45, 2.75) is 52.0 Å². The average molecular weight is 302 g/mol.